The maximum atomic E-state index is 10.5. The standard InChI is InChI=1S/C15H21NO4/c1-12-4-3-5-13(8-12)19-7-6-16-10-15(2,11-16)20-9-14(17)18/h3-5,8H,6-7,9-11H2,1-2H3,(H,17,18). The van der Waals surface area contributed by atoms with Gasteiger partial charge in [-0.05, 0) is 31.5 Å². The first-order chi connectivity index (χ1) is 9.47. The number of rotatable bonds is 7. The van der Waals surface area contributed by atoms with Gasteiger partial charge in [0, 0.05) is 19.6 Å². The molecular weight excluding hydrogens is 258 g/mol. The van der Waals surface area contributed by atoms with Gasteiger partial charge in [0.05, 0.1) is 5.60 Å². The summed E-state index contributed by atoms with van der Waals surface area (Å²) in [4.78, 5) is 12.7. The van der Waals surface area contributed by atoms with E-state index in [0.29, 0.717) is 6.61 Å². The van der Waals surface area contributed by atoms with Crippen LogP contribution in [-0.2, 0) is 9.53 Å². The fourth-order valence-electron chi connectivity index (χ4n) is 2.38. The second kappa shape index (κ2) is 6.24. The Kier molecular flexibility index (Phi) is 4.62. The number of carbonyl (C=O) groups is 1. The number of benzene rings is 1. The first-order valence-electron chi connectivity index (χ1n) is 6.74. The molecule has 0 aliphatic carbocycles. The summed E-state index contributed by atoms with van der Waals surface area (Å²) in [5.74, 6) is -0.0390. The van der Waals surface area contributed by atoms with E-state index in [2.05, 4.69) is 4.90 Å². The Morgan fingerprint density at radius 3 is 2.85 bits per heavy atom. The number of hydrogen-bond donors (Lipinski definition) is 1. The van der Waals surface area contributed by atoms with E-state index in [1.165, 1.54) is 5.56 Å². The number of hydrogen-bond acceptors (Lipinski definition) is 4. The van der Waals surface area contributed by atoms with Crippen LogP contribution < -0.4 is 4.74 Å². The molecular formula is C15H21NO4. The Morgan fingerprint density at radius 1 is 1.45 bits per heavy atom. The van der Waals surface area contributed by atoms with Crippen LogP contribution in [0, 0.1) is 6.92 Å². The van der Waals surface area contributed by atoms with Crippen molar-refractivity contribution in [3.63, 3.8) is 0 Å². The predicted octanol–water partition coefficient (Wildman–Crippen LogP) is 1.55. The van der Waals surface area contributed by atoms with Crippen molar-refractivity contribution in [3.8, 4) is 5.75 Å². The molecule has 0 amide bonds. The van der Waals surface area contributed by atoms with Crippen molar-refractivity contribution in [1.29, 1.82) is 0 Å². The van der Waals surface area contributed by atoms with Crippen LogP contribution in [0.2, 0.25) is 0 Å². The average molecular weight is 279 g/mol. The topological polar surface area (TPSA) is 59.0 Å². The molecule has 0 aromatic heterocycles. The minimum absolute atomic E-state index is 0.232. The van der Waals surface area contributed by atoms with Crippen LogP contribution in [0.3, 0.4) is 0 Å². The highest BCUT2D eigenvalue weighted by Gasteiger charge is 2.39. The lowest BCUT2D eigenvalue weighted by Gasteiger charge is -2.47. The minimum atomic E-state index is -0.924. The van der Waals surface area contributed by atoms with Gasteiger partial charge in [0.2, 0.25) is 0 Å². The van der Waals surface area contributed by atoms with Gasteiger partial charge in [0.15, 0.2) is 0 Å². The van der Waals surface area contributed by atoms with Gasteiger partial charge in [-0.25, -0.2) is 4.79 Å². The molecule has 5 nitrogen and oxygen atoms in total. The zero-order valence-electron chi connectivity index (χ0n) is 12.0. The summed E-state index contributed by atoms with van der Waals surface area (Å²) >= 11 is 0. The summed E-state index contributed by atoms with van der Waals surface area (Å²) in [6, 6.07) is 7.97. The first kappa shape index (κ1) is 14.8. The first-order valence-corrected chi connectivity index (χ1v) is 6.74. The van der Waals surface area contributed by atoms with Crippen molar-refractivity contribution < 1.29 is 19.4 Å². The largest absolute Gasteiger partial charge is 0.492 e. The molecule has 1 aromatic carbocycles. The number of carboxylic acids is 1. The molecule has 110 valence electrons. The van der Waals surface area contributed by atoms with Crippen LogP contribution in [0.4, 0.5) is 0 Å². The highest BCUT2D eigenvalue weighted by atomic mass is 16.5. The van der Waals surface area contributed by atoms with Crippen LogP contribution in [0.5, 0.6) is 5.75 Å². The molecule has 1 aromatic rings. The molecule has 1 saturated heterocycles. The summed E-state index contributed by atoms with van der Waals surface area (Å²) in [7, 11) is 0. The SMILES string of the molecule is Cc1cccc(OCCN2CC(C)(OCC(=O)O)C2)c1. The van der Waals surface area contributed by atoms with E-state index < -0.39 is 5.97 Å². The summed E-state index contributed by atoms with van der Waals surface area (Å²) in [5, 5.41) is 8.59. The van der Waals surface area contributed by atoms with E-state index in [9.17, 15) is 4.79 Å². The number of likely N-dealkylation sites (tertiary alicyclic amines) is 1. The Balaban J connectivity index is 1.64. The lowest BCUT2D eigenvalue weighted by Crippen LogP contribution is -2.62. The van der Waals surface area contributed by atoms with Crippen LogP contribution >= 0.6 is 0 Å². The van der Waals surface area contributed by atoms with Crippen molar-refractivity contribution in [2.45, 2.75) is 19.4 Å². The molecule has 0 spiro atoms. The average Bonchev–Trinajstić information content (AvgIpc) is 2.34. The van der Waals surface area contributed by atoms with Gasteiger partial charge in [-0.1, -0.05) is 12.1 Å². The number of nitrogens with zero attached hydrogens (tertiary/aromatic N) is 1. The smallest absolute Gasteiger partial charge is 0.329 e. The second-order valence-corrected chi connectivity index (χ2v) is 5.51. The Bertz CT molecular complexity index is 469. The second-order valence-electron chi connectivity index (χ2n) is 5.51. The molecule has 1 heterocycles. The molecule has 2 rings (SSSR count). The van der Waals surface area contributed by atoms with Gasteiger partial charge in [-0.15, -0.1) is 0 Å². The van der Waals surface area contributed by atoms with Gasteiger partial charge >= 0.3 is 5.97 Å². The third-order valence-corrected chi connectivity index (χ3v) is 3.33. The zero-order chi connectivity index (χ0) is 14.6. The Morgan fingerprint density at radius 2 is 2.20 bits per heavy atom. The minimum Gasteiger partial charge on any atom is -0.492 e. The number of ether oxygens (including phenoxy) is 2. The number of carboxylic acid groups (broad SMARTS) is 1. The van der Waals surface area contributed by atoms with Crippen molar-refractivity contribution in [2.24, 2.45) is 0 Å². The van der Waals surface area contributed by atoms with Gasteiger partial charge in [-0.3, -0.25) is 4.90 Å². The van der Waals surface area contributed by atoms with Crippen molar-refractivity contribution in [3.05, 3.63) is 29.8 Å². The van der Waals surface area contributed by atoms with Crippen LogP contribution in [0.15, 0.2) is 24.3 Å². The number of aryl methyl sites for hydroxylation is 1. The quantitative estimate of drug-likeness (QED) is 0.820. The van der Waals surface area contributed by atoms with Gasteiger partial charge in [-0.2, -0.15) is 0 Å². The monoisotopic (exact) mass is 279 g/mol. The Labute approximate surface area is 119 Å². The molecule has 0 unspecified atom stereocenters. The fraction of sp³-hybridized carbons (Fsp3) is 0.533. The maximum Gasteiger partial charge on any atom is 0.329 e. The van der Waals surface area contributed by atoms with E-state index >= 15 is 0 Å². The van der Waals surface area contributed by atoms with E-state index in [4.69, 9.17) is 14.6 Å². The van der Waals surface area contributed by atoms with Crippen molar-refractivity contribution in [1.82, 2.24) is 4.90 Å². The molecule has 0 saturated carbocycles. The highest BCUT2D eigenvalue weighted by molar-refractivity contribution is 5.68. The van der Waals surface area contributed by atoms with Gasteiger partial charge in [0.25, 0.3) is 0 Å². The molecule has 1 aliphatic heterocycles. The maximum absolute atomic E-state index is 10.5. The van der Waals surface area contributed by atoms with Crippen LogP contribution in [-0.4, -0.2) is 54.4 Å². The third-order valence-electron chi connectivity index (χ3n) is 3.33. The lowest BCUT2D eigenvalue weighted by atomic mass is 9.96. The Hall–Kier alpha value is -1.59. The molecule has 0 bridgehead atoms. The van der Waals surface area contributed by atoms with Crippen molar-refractivity contribution >= 4 is 5.97 Å². The molecule has 0 atom stereocenters. The van der Waals surface area contributed by atoms with Gasteiger partial charge in [0.1, 0.15) is 19.0 Å². The van der Waals surface area contributed by atoms with Crippen LogP contribution in [0.25, 0.3) is 0 Å². The number of aliphatic carboxylic acids is 1. The van der Waals surface area contributed by atoms with Crippen molar-refractivity contribution in [2.75, 3.05) is 32.8 Å². The van der Waals surface area contributed by atoms with E-state index in [1.807, 2.05) is 38.1 Å². The normalized spacial score (nSPS) is 17.5. The molecule has 5 heteroatoms. The zero-order valence-corrected chi connectivity index (χ0v) is 12.0. The fourth-order valence-corrected chi connectivity index (χ4v) is 2.38. The molecule has 1 aliphatic rings. The lowest BCUT2D eigenvalue weighted by molar-refractivity contribution is -0.165. The van der Waals surface area contributed by atoms with Crippen LogP contribution in [0.1, 0.15) is 12.5 Å². The predicted molar refractivity (Wildman–Crippen MR) is 75.1 cm³/mol. The molecule has 0 radical (unpaired) electrons. The summed E-state index contributed by atoms with van der Waals surface area (Å²) in [6.07, 6.45) is 0. The van der Waals surface area contributed by atoms with E-state index in [0.717, 1.165) is 25.4 Å². The van der Waals surface area contributed by atoms with E-state index in [-0.39, 0.29) is 12.2 Å². The third kappa shape index (κ3) is 4.21. The molecule has 20 heavy (non-hydrogen) atoms. The van der Waals surface area contributed by atoms with E-state index in [1.54, 1.807) is 0 Å². The summed E-state index contributed by atoms with van der Waals surface area (Å²) in [6.45, 7) is 6.68. The molecule has 1 fully saturated rings. The highest BCUT2D eigenvalue weighted by Crippen LogP contribution is 2.24. The van der Waals surface area contributed by atoms with Gasteiger partial charge < -0.3 is 14.6 Å². The molecule has 1 N–H and O–H groups in total. The summed E-state index contributed by atoms with van der Waals surface area (Å²) in [5.41, 5.74) is 0.850. The summed E-state index contributed by atoms with van der Waals surface area (Å²) < 4.78 is 11.0.